The number of nitrogens with one attached hydrogen (secondary N) is 1. The van der Waals surface area contributed by atoms with E-state index in [1.807, 2.05) is 5.38 Å². The zero-order valence-electron chi connectivity index (χ0n) is 9.57. The highest BCUT2D eigenvalue weighted by Crippen LogP contribution is 1.96. The van der Waals surface area contributed by atoms with E-state index in [1.54, 1.807) is 0 Å². The normalized spacial score (nSPS) is 11.1. The predicted molar refractivity (Wildman–Crippen MR) is 64.0 cm³/mol. The molecule has 1 aromatic heterocycles. The van der Waals surface area contributed by atoms with Crippen molar-refractivity contribution in [2.45, 2.75) is 26.8 Å². The number of hydrogen-bond acceptors (Lipinski definition) is 5. The number of nitrogens with zero attached hydrogens (tertiary/aromatic N) is 3. The minimum Gasteiger partial charge on any atom is -0.311 e. The molecule has 1 rings (SSSR count). The fourth-order valence-electron chi connectivity index (χ4n) is 1.44. The predicted octanol–water partition coefficient (Wildman–Crippen LogP) is 1.36. The molecule has 0 aromatic carbocycles. The van der Waals surface area contributed by atoms with Crippen LogP contribution in [0.4, 0.5) is 0 Å². The molecule has 0 saturated heterocycles. The SMILES string of the molecule is CCN(CC)CCCNCc1csnn1. The van der Waals surface area contributed by atoms with Gasteiger partial charge in [0, 0.05) is 11.9 Å². The van der Waals surface area contributed by atoms with Gasteiger partial charge in [-0.2, -0.15) is 0 Å². The van der Waals surface area contributed by atoms with E-state index >= 15 is 0 Å². The molecule has 1 aromatic rings. The fraction of sp³-hybridized carbons (Fsp3) is 0.800. The van der Waals surface area contributed by atoms with E-state index in [1.165, 1.54) is 24.5 Å². The van der Waals surface area contributed by atoms with Crippen LogP contribution in [0.2, 0.25) is 0 Å². The molecule has 0 spiro atoms. The number of rotatable bonds is 8. The summed E-state index contributed by atoms with van der Waals surface area (Å²) >= 11 is 1.41. The average molecular weight is 228 g/mol. The summed E-state index contributed by atoms with van der Waals surface area (Å²) in [4.78, 5) is 2.44. The molecule has 0 radical (unpaired) electrons. The van der Waals surface area contributed by atoms with Crippen molar-refractivity contribution in [1.82, 2.24) is 19.8 Å². The summed E-state index contributed by atoms with van der Waals surface area (Å²) in [5.41, 5.74) is 1.04. The van der Waals surface area contributed by atoms with Gasteiger partial charge in [-0.05, 0) is 44.1 Å². The number of hydrogen-bond donors (Lipinski definition) is 1. The zero-order valence-corrected chi connectivity index (χ0v) is 10.4. The van der Waals surface area contributed by atoms with E-state index in [0.717, 1.165) is 31.9 Å². The second-order valence-corrected chi connectivity index (χ2v) is 4.06. The maximum atomic E-state index is 3.98. The molecule has 5 heteroatoms. The van der Waals surface area contributed by atoms with Crippen LogP contribution in [0.3, 0.4) is 0 Å². The van der Waals surface area contributed by atoms with Crippen molar-refractivity contribution >= 4 is 11.5 Å². The zero-order chi connectivity index (χ0) is 10.9. The van der Waals surface area contributed by atoms with Gasteiger partial charge in [-0.3, -0.25) is 0 Å². The highest BCUT2D eigenvalue weighted by atomic mass is 32.1. The second-order valence-electron chi connectivity index (χ2n) is 3.45. The summed E-state index contributed by atoms with van der Waals surface area (Å²) in [6.07, 6.45) is 1.19. The Hall–Kier alpha value is -0.520. The second kappa shape index (κ2) is 7.73. The molecule has 4 nitrogen and oxygen atoms in total. The van der Waals surface area contributed by atoms with E-state index in [-0.39, 0.29) is 0 Å². The molecule has 0 atom stereocenters. The summed E-state index contributed by atoms with van der Waals surface area (Å²) in [5.74, 6) is 0. The van der Waals surface area contributed by atoms with E-state index in [9.17, 15) is 0 Å². The molecule has 1 heterocycles. The first kappa shape index (κ1) is 12.5. The minimum absolute atomic E-state index is 0.842. The Bertz CT molecular complexity index is 234. The molecule has 0 fully saturated rings. The lowest BCUT2D eigenvalue weighted by Gasteiger charge is -2.17. The third-order valence-electron chi connectivity index (χ3n) is 2.43. The highest BCUT2D eigenvalue weighted by Gasteiger charge is 1.98. The molecular formula is C10H20N4S. The van der Waals surface area contributed by atoms with E-state index in [4.69, 9.17) is 0 Å². The maximum absolute atomic E-state index is 3.98. The quantitative estimate of drug-likeness (QED) is 0.682. The van der Waals surface area contributed by atoms with Crippen LogP contribution in [-0.4, -0.2) is 40.7 Å². The van der Waals surface area contributed by atoms with Crippen molar-refractivity contribution < 1.29 is 0 Å². The third-order valence-corrected chi connectivity index (χ3v) is 2.99. The van der Waals surface area contributed by atoms with Gasteiger partial charge in [0.2, 0.25) is 0 Å². The Morgan fingerprint density at radius 3 is 2.80 bits per heavy atom. The van der Waals surface area contributed by atoms with E-state index in [2.05, 4.69) is 33.7 Å². The van der Waals surface area contributed by atoms with Crippen LogP contribution < -0.4 is 5.32 Å². The van der Waals surface area contributed by atoms with Gasteiger partial charge in [-0.1, -0.05) is 18.3 Å². The Balaban J connectivity index is 1.97. The average Bonchev–Trinajstić information content (AvgIpc) is 2.76. The molecule has 0 aliphatic rings. The van der Waals surface area contributed by atoms with Crippen molar-refractivity contribution in [3.05, 3.63) is 11.1 Å². The van der Waals surface area contributed by atoms with Gasteiger partial charge in [0.15, 0.2) is 0 Å². The number of aromatic nitrogens is 2. The molecule has 15 heavy (non-hydrogen) atoms. The van der Waals surface area contributed by atoms with Crippen molar-refractivity contribution in [1.29, 1.82) is 0 Å². The van der Waals surface area contributed by atoms with Gasteiger partial charge in [0.05, 0.1) is 5.69 Å². The molecule has 0 saturated carbocycles. The van der Waals surface area contributed by atoms with Gasteiger partial charge < -0.3 is 10.2 Å². The van der Waals surface area contributed by atoms with Crippen LogP contribution in [0.5, 0.6) is 0 Å². The summed E-state index contributed by atoms with van der Waals surface area (Å²) in [7, 11) is 0. The van der Waals surface area contributed by atoms with Gasteiger partial charge in [-0.25, -0.2) is 0 Å². The third kappa shape index (κ3) is 5.20. The van der Waals surface area contributed by atoms with Crippen LogP contribution in [0, 0.1) is 0 Å². The smallest absolute Gasteiger partial charge is 0.0893 e. The lowest BCUT2D eigenvalue weighted by atomic mass is 10.3. The lowest BCUT2D eigenvalue weighted by Crippen LogP contribution is -2.27. The standard InChI is InChI=1S/C10H20N4S/c1-3-14(4-2)7-5-6-11-8-10-9-15-13-12-10/h9,11H,3-8H2,1-2H3. The van der Waals surface area contributed by atoms with Gasteiger partial charge in [0.1, 0.15) is 0 Å². The first-order valence-corrected chi connectivity index (χ1v) is 6.39. The molecular weight excluding hydrogens is 208 g/mol. The van der Waals surface area contributed by atoms with Crippen LogP contribution in [0.1, 0.15) is 26.0 Å². The lowest BCUT2D eigenvalue weighted by molar-refractivity contribution is 0.298. The molecule has 0 aliphatic heterocycles. The van der Waals surface area contributed by atoms with Crippen molar-refractivity contribution in [2.24, 2.45) is 0 Å². The van der Waals surface area contributed by atoms with E-state index < -0.39 is 0 Å². The summed E-state index contributed by atoms with van der Waals surface area (Å²) in [6.45, 7) is 9.77. The van der Waals surface area contributed by atoms with Crippen LogP contribution >= 0.6 is 11.5 Å². The first-order valence-electron chi connectivity index (χ1n) is 5.55. The topological polar surface area (TPSA) is 41.0 Å². The summed E-state index contributed by atoms with van der Waals surface area (Å²) in [5, 5.41) is 9.33. The van der Waals surface area contributed by atoms with Crippen LogP contribution in [0.25, 0.3) is 0 Å². The Morgan fingerprint density at radius 2 is 2.20 bits per heavy atom. The fourth-order valence-corrected chi connectivity index (χ4v) is 1.90. The summed E-state index contributed by atoms with van der Waals surface area (Å²) in [6, 6.07) is 0. The Kier molecular flexibility index (Phi) is 6.47. The minimum atomic E-state index is 0.842. The Morgan fingerprint density at radius 1 is 1.40 bits per heavy atom. The summed E-state index contributed by atoms with van der Waals surface area (Å²) < 4.78 is 3.82. The molecule has 0 unspecified atom stereocenters. The van der Waals surface area contributed by atoms with Crippen LogP contribution in [0.15, 0.2) is 5.38 Å². The molecule has 0 amide bonds. The van der Waals surface area contributed by atoms with Gasteiger partial charge in [-0.15, -0.1) is 5.10 Å². The van der Waals surface area contributed by atoms with E-state index in [0.29, 0.717) is 0 Å². The monoisotopic (exact) mass is 228 g/mol. The molecule has 0 aliphatic carbocycles. The molecule has 0 bridgehead atoms. The van der Waals surface area contributed by atoms with Crippen LogP contribution in [-0.2, 0) is 6.54 Å². The van der Waals surface area contributed by atoms with Crippen molar-refractivity contribution in [3.63, 3.8) is 0 Å². The first-order chi connectivity index (χ1) is 7.36. The maximum Gasteiger partial charge on any atom is 0.0893 e. The molecule has 1 N–H and O–H groups in total. The highest BCUT2D eigenvalue weighted by molar-refractivity contribution is 7.03. The van der Waals surface area contributed by atoms with Crippen molar-refractivity contribution in [2.75, 3.05) is 26.2 Å². The van der Waals surface area contributed by atoms with Gasteiger partial charge >= 0.3 is 0 Å². The largest absolute Gasteiger partial charge is 0.311 e. The molecule has 86 valence electrons. The van der Waals surface area contributed by atoms with Gasteiger partial charge in [0.25, 0.3) is 0 Å². The Labute approximate surface area is 95.8 Å². The van der Waals surface area contributed by atoms with Crippen molar-refractivity contribution in [3.8, 4) is 0 Å².